The number of rotatable bonds is 10. The SMILES string of the molecule is COc1ccc([C@@H](CC(C)C)NC(=O)COc2cc(OC)cc(OC)c2)cc1. The van der Waals surface area contributed by atoms with Crippen LogP contribution in [0.4, 0.5) is 0 Å². The van der Waals surface area contributed by atoms with E-state index in [0.717, 1.165) is 17.7 Å². The van der Waals surface area contributed by atoms with Crippen molar-refractivity contribution >= 4 is 5.91 Å². The van der Waals surface area contributed by atoms with Crippen LogP contribution in [0.5, 0.6) is 23.0 Å². The Morgan fingerprint density at radius 2 is 1.39 bits per heavy atom. The third-order valence-electron chi connectivity index (χ3n) is 4.26. The van der Waals surface area contributed by atoms with Crippen LogP contribution in [0, 0.1) is 5.92 Å². The van der Waals surface area contributed by atoms with Gasteiger partial charge in [-0.3, -0.25) is 4.79 Å². The van der Waals surface area contributed by atoms with Crippen LogP contribution in [-0.2, 0) is 4.79 Å². The lowest BCUT2D eigenvalue weighted by atomic mass is 9.97. The highest BCUT2D eigenvalue weighted by Crippen LogP contribution is 2.27. The Bertz CT molecular complexity index is 736. The zero-order chi connectivity index (χ0) is 20.5. The summed E-state index contributed by atoms with van der Waals surface area (Å²) in [6.07, 6.45) is 0.824. The smallest absolute Gasteiger partial charge is 0.258 e. The Labute approximate surface area is 166 Å². The van der Waals surface area contributed by atoms with E-state index in [1.807, 2.05) is 24.3 Å². The summed E-state index contributed by atoms with van der Waals surface area (Å²) in [4.78, 5) is 12.5. The maximum absolute atomic E-state index is 12.5. The molecule has 0 heterocycles. The van der Waals surface area contributed by atoms with Crippen molar-refractivity contribution in [3.8, 4) is 23.0 Å². The molecular formula is C22H29NO5. The van der Waals surface area contributed by atoms with Gasteiger partial charge in [-0.15, -0.1) is 0 Å². The van der Waals surface area contributed by atoms with Crippen LogP contribution < -0.4 is 24.3 Å². The Balaban J connectivity index is 2.03. The summed E-state index contributed by atoms with van der Waals surface area (Å²) in [6, 6.07) is 12.8. The number of amides is 1. The maximum atomic E-state index is 12.5. The molecule has 2 rings (SSSR count). The highest BCUT2D eigenvalue weighted by Gasteiger charge is 2.17. The molecule has 0 unspecified atom stereocenters. The fourth-order valence-electron chi connectivity index (χ4n) is 2.84. The minimum absolute atomic E-state index is 0.0955. The van der Waals surface area contributed by atoms with Gasteiger partial charge in [0, 0.05) is 18.2 Å². The molecule has 0 aliphatic rings. The van der Waals surface area contributed by atoms with E-state index < -0.39 is 0 Å². The van der Waals surface area contributed by atoms with Crippen molar-refractivity contribution in [2.75, 3.05) is 27.9 Å². The second kappa shape index (κ2) is 10.4. The molecule has 2 aromatic rings. The number of nitrogens with one attached hydrogen (secondary N) is 1. The van der Waals surface area contributed by atoms with E-state index in [-0.39, 0.29) is 18.6 Å². The van der Waals surface area contributed by atoms with E-state index in [2.05, 4.69) is 19.2 Å². The molecule has 0 bridgehead atoms. The van der Waals surface area contributed by atoms with Crippen molar-refractivity contribution in [3.63, 3.8) is 0 Å². The van der Waals surface area contributed by atoms with E-state index >= 15 is 0 Å². The Hall–Kier alpha value is -2.89. The third-order valence-corrected chi connectivity index (χ3v) is 4.26. The summed E-state index contributed by atoms with van der Waals surface area (Å²) in [5.41, 5.74) is 1.03. The van der Waals surface area contributed by atoms with Gasteiger partial charge in [-0.1, -0.05) is 26.0 Å². The summed E-state index contributed by atoms with van der Waals surface area (Å²) in [7, 11) is 4.76. The predicted molar refractivity (Wildman–Crippen MR) is 108 cm³/mol. The average Bonchev–Trinajstić information content (AvgIpc) is 2.71. The van der Waals surface area contributed by atoms with Crippen LogP contribution in [0.25, 0.3) is 0 Å². The van der Waals surface area contributed by atoms with Crippen molar-refractivity contribution in [1.82, 2.24) is 5.32 Å². The lowest BCUT2D eigenvalue weighted by molar-refractivity contribution is -0.124. The normalized spacial score (nSPS) is 11.6. The summed E-state index contributed by atoms with van der Waals surface area (Å²) >= 11 is 0. The second-order valence-electron chi connectivity index (χ2n) is 6.86. The van der Waals surface area contributed by atoms with Gasteiger partial charge in [-0.2, -0.15) is 0 Å². The Kier molecular flexibility index (Phi) is 7.99. The van der Waals surface area contributed by atoms with Crippen molar-refractivity contribution in [3.05, 3.63) is 48.0 Å². The Morgan fingerprint density at radius 1 is 0.857 bits per heavy atom. The molecule has 0 saturated carbocycles. The molecule has 2 aromatic carbocycles. The molecule has 0 aromatic heterocycles. The quantitative estimate of drug-likeness (QED) is 0.668. The number of carbonyl (C=O) groups excluding carboxylic acids is 1. The van der Waals surface area contributed by atoms with E-state index in [4.69, 9.17) is 18.9 Å². The molecule has 0 aliphatic heterocycles. The second-order valence-corrected chi connectivity index (χ2v) is 6.86. The van der Waals surface area contributed by atoms with Gasteiger partial charge in [0.2, 0.25) is 0 Å². The van der Waals surface area contributed by atoms with Gasteiger partial charge >= 0.3 is 0 Å². The standard InChI is InChI=1S/C22H29NO5/c1-15(2)10-21(16-6-8-17(25-3)9-7-16)23-22(24)14-28-20-12-18(26-4)11-19(13-20)27-5/h6-9,11-13,15,21H,10,14H2,1-5H3,(H,23,24)/t21-/m1/s1. The molecule has 0 fully saturated rings. The highest BCUT2D eigenvalue weighted by atomic mass is 16.5. The van der Waals surface area contributed by atoms with Gasteiger partial charge in [-0.25, -0.2) is 0 Å². The van der Waals surface area contributed by atoms with E-state index in [1.165, 1.54) is 0 Å². The molecule has 0 spiro atoms. The van der Waals surface area contributed by atoms with Crippen molar-refractivity contribution in [2.24, 2.45) is 5.92 Å². The van der Waals surface area contributed by atoms with E-state index in [0.29, 0.717) is 23.2 Å². The first-order valence-corrected chi connectivity index (χ1v) is 9.24. The molecule has 6 heteroatoms. The molecule has 6 nitrogen and oxygen atoms in total. The minimum atomic E-state index is -0.191. The van der Waals surface area contributed by atoms with Gasteiger partial charge < -0.3 is 24.3 Å². The van der Waals surface area contributed by atoms with Gasteiger partial charge in [0.25, 0.3) is 5.91 Å². The van der Waals surface area contributed by atoms with Crippen molar-refractivity contribution in [1.29, 1.82) is 0 Å². The van der Waals surface area contributed by atoms with Crippen LogP contribution in [0.15, 0.2) is 42.5 Å². The number of carbonyl (C=O) groups is 1. The third kappa shape index (κ3) is 6.37. The average molecular weight is 387 g/mol. The minimum Gasteiger partial charge on any atom is -0.497 e. The number of hydrogen-bond donors (Lipinski definition) is 1. The molecule has 1 N–H and O–H groups in total. The van der Waals surface area contributed by atoms with E-state index in [9.17, 15) is 4.79 Å². The topological polar surface area (TPSA) is 66.0 Å². The molecule has 1 atom stereocenters. The zero-order valence-electron chi connectivity index (χ0n) is 17.2. The highest BCUT2D eigenvalue weighted by molar-refractivity contribution is 5.78. The zero-order valence-corrected chi connectivity index (χ0v) is 17.2. The van der Waals surface area contributed by atoms with Gasteiger partial charge in [0.15, 0.2) is 6.61 Å². The summed E-state index contributed by atoms with van der Waals surface area (Å²) in [6.45, 7) is 4.16. The molecular weight excluding hydrogens is 358 g/mol. The number of hydrogen-bond acceptors (Lipinski definition) is 5. The first-order valence-electron chi connectivity index (χ1n) is 9.24. The lowest BCUT2D eigenvalue weighted by Gasteiger charge is -2.21. The molecule has 152 valence electrons. The van der Waals surface area contributed by atoms with Crippen molar-refractivity contribution < 1.29 is 23.7 Å². The Morgan fingerprint density at radius 3 is 1.89 bits per heavy atom. The molecule has 28 heavy (non-hydrogen) atoms. The van der Waals surface area contributed by atoms with Gasteiger partial charge in [0.05, 0.1) is 27.4 Å². The molecule has 0 radical (unpaired) electrons. The number of ether oxygens (including phenoxy) is 4. The predicted octanol–water partition coefficient (Wildman–Crippen LogP) is 3.99. The molecule has 0 aliphatic carbocycles. The van der Waals surface area contributed by atoms with E-state index in [1.54, 1.807) is 39.5 Å². The van der Waals surface area contributed by atoms with Crippen LogP contribution in [0.1, 0.15) is 31.9 Å². The monoisotopic (exact) mass is 387 g/mol. The van der Waals surface area contributed by atoms with Crippen LogP contribution in [0.3, 0.4) is 0 Å². The van der Waals surface area contributed by atoms with Gasteiger partial charge in [0.1, 0.15) is 23.0 Å². The summed E-state index contributed by atoms with van der Waals surface area (Å²) in [5, 5.41) is 3.06. The van der Waals surface area contributed by atoms with Crippen LogP contribution >= 0.6 is 0 Å². The fourth-order valence-corrected chi connectivity index (χ4v) is 2.84. The maximum Gasteiger partial charge on any atom is 0.258 e. The number of benzene rings is 2. The number of methoxy groups -OCH3 is 3. The largest absolute Gasteiger partial charge is 0.497 e. The fraction of sp³-hybridized carbons (Fsp3) is 0.409. The molecule has 0 saturated heterocycles. The first-order chi connectivity index (χ1) is 13.4. The van der Waals surface area contributed by atoms with Crippen molar-refractivity contribution in [2.45, 2.75) is 26.3 Å². The first kappa shape index (κ1) is 21.4. The summed E-state index contributed by atoms with van der Waals surface area (Å²) < 4.78 is 21.3. The lowest BCUT2D eigenvalue weighted by Crippen LogP contribution is -2.33. The summed E-state index contributed by atoms with van der Waals surface area (Å²) in [5.74, 6) is 2.74. The van der Waals surface area contributed by atoms with Crippen LogP contribution in [0.2, 0.25) is 0 Å². The molecule has 1 amide bonds. The van der Waals surface area contributed by atoms with Gasteiger partial charge in [-0.05, 0) is 30.0 Å². The van der Waals surface area contributed by atoms with Crippen LogP contribution in [-0.4, -0.2) is 33.8 Å².